The van der Waals surface area contributed by atoms with Crippen molar-refractivity contribution in [1.29, 1.82) is 10.5 Å². The van der Waals surface area contributed by atoms with Gasteiger partial charge in [-0.2, -0.15) is 10.5 Å². The quantitative estimate of drug-likeness (QED) is 0.339. The van der Waals surface area contributed by atoms with Crippen LogP contribution in [0.2, 0.25) is 0 Å². The number of nitrogens with zero attached hydrogens (tertiary/aromatic N) is 2. The molecule has 0 aliphatic carbocycles. The Balaban J connectivity index is 1.62. The zero-order chi connectivity index (χ0) is 25.6. The molecule has 0 bridgehead atoms. The molecule has 178 valence electrons. The molecule has 0 radical (unpaired) electrons. The molecule has 0 unspecified atom stereocenters. The Hall–Kier alpha value is -4.94. The van der Waals surface area contributed by atoms with Gasteiger partial charge in [-0.1, -0.05) is 78.9 Å². The van der Waals surface area contributed by atoms with Gasteiger partial charge in [0.15, 0.2) is 0 Å². The fraction of sp³-hybridized carbons (Fsp3) is 0.133. The number of benzene rings is 3. The number of hydrogen-bond acceptors (Lipinski definition) is 4. The third-order valence-electron chi connectivity index (χ3n) is 5.35. The summed E-state index contributed by atoms with van der Waals surface area (Å²) < 4.78 is 0. The van der Waals surface area contributed by atoms with E-state index in [0.29, 0.717) is 37.1 Å². The van der Waals surface area contributed by atoms with Crippen molar-refractivity contribution in [2.45, 2.75) is 12.8 Å². The van der Waals surface area contributed by atoms with Gasteiger partial charge in [0.1, 0.15) is 23.3 Å². The minimum atomic E-state index is -0.454. The number of carbonyl (C=O) groups is 2. The van der Waals surface area contributed by atoms with Crippen LogP contribution in [0.15, 0.2) is 96.1 Å². The molecule has 0 fully saturated rings. The van der Waals surface area contributed by atoms with Crippen molar-refractivity contribution >= 4 is 24.0 Å². The van der Waals surface area contributed by atoms with Gasteiger partial charge in [0.25, 0.3) is 11.8 Å². The topological polar surface area (TPSA) is 106 Å². The van der Waals surface area contributed by atoms with E-state index in [1.165, 1.54) is 12.2 Å². The fourth-order valence-corrected chi connectivity index (χ4v) is 3.49. The van der Waals surface area contributed by atoms with E-state index in [2.05, 4.69) is 10.6 Å². The molecule has 0 saturated heterocycles. The van der Waals surface area contributed by atoms with Crippen molar-refractivity contribution in [2.24, 2.45) is 0 Å². The Kier molecular flexibility index (Phi) is 9.77. The maximum Gasteiger partial charge on any atom is 0.261 e. The lowest BCUT2D eigenvalue weighted by Crippen LogP contribution is -2.26. The van der Waals surface area contributed by atoms with E-state index >= 15 is 0 Å². The van der Waals surface area contributed by atoms with Crippen LogP contribution in [-0.4, -0.2) is 24.9 Å². The normalized spacial score (nSPS) is 11.2. The standard InChI is InChI=1S/C30H26N4O2/c31-21-27(29(35)33-16-14-23-8-3-1-4-9-23)19-25-12-7-13-26(18-25)20-28(22-32)30(36)34-17-15-24-10-5-2-6-11-24/h1-13,18-20H,14-17H2,(H,33,35)(H,34,36)/b27-19-,28-20+. The maximum atomic E-state index is 12.5. The number of nitrogens with one attached hydrogen (secondary N) is 2. The first-order chi connectivity index (χ1) is 17.6. The highest BCUT2D eigenvalue weighted by molar-refractivity contribution is 6.02. The number of hydrogen-bond donors (Lipinski definition) is 2. The Morgan fingerprint density at radius 3 is 1.44 bits per heavy atom. The Morgan fingerprint density at radius 2 is 1.06 bits per heavy atom. The Morgan fingerprint density at radius 1 is 0.639 bits per heavy atom. The predicted octanol–water partition coefficient (Wildman–Crippen LogP) is 4.22. The van der Waals surface area contributed by atoms with Crippen LogP contribution >= 0.6 is 0 Å². The highest BCUT2D eigenvalue weighted by Gasteiger charge is 2.10. The smallest absolute Gasteiger partial charge is 0.261 e. The molecule has 6 heteroatoms. The van der Waals surface area contributed by atoms with Crippen LogP contribution in [0.1, 0.15) is 22.3 Å². The third-order valence-corrected chi connectivity index (χ3v) is 5.35. The van der Waals surface area contributed by atoms with Crippen LogP contribution in [0.4, 0.5) is 0 Å². The molecule has 0 spiro atoms. The average Bonchev–Trinajstić information content (AvgIpc) is 2.91. The van der Waals surface area contributed by atoms with Crippen molar-refractivity contribution in [3.05, 3.63) is 118 Å². The molecule has 0 aliphatic heterocycles. The largest absolute Gasteiger partial charge is 0.351 e. The highest BCUT2D eigenvalue weighted by Crippen LogP contribution is 2.13. The Labute approximate surface area is 211 Å². The van der Waals surface area contributed by atoms with E-state index in [1.54, 1.807) is 24.3 Å². The van der Waals surface area contributed by atoms with Crippen LogP contribution < -0.4 is 10.6 Å². The van der Waals surface area contributed by atoms with Gasteiger partial charge in [-0.05, 0) is 53.3 Å². The molecule has 0 heterocycles. The monoisotopic (exact) mass is 474 g/mol. The molecule has 0 aliphatic rings. The summed E-state index contributed by atoms with van der Waals surface area (Å²) in [7, 11) is 0. The molecule has 3 aromatic carbocycles. The van der Waals surface area contributed by atoms with Crippen molar-refractivity contribution in [1.82, 2.24) is 10.6 Å². The van der Waals surface area contributed by atoms with Gasteiger partial charge in [-0.3, -0.25) is 9.59 Å². The fourth-order valence-electron chi connectivity index (χ4n) is 3.49. The molecule has 2 N–H and O–H groups in total. The maximum absolute atomic E-state index is 12.5. The van der Waals surface area contributed by atoms with Crippen molar-refractivity contribution < 1.29 is 9.59 Å². The summed E-state index contributed by atoms with van der Waals surface area (Å²) in [6, 6.07) is 30.3. The minimum absolute atomic E-state index is 0.0247. The van der Waals surface area contributed by atoms with Gasteiger partial charge < -0.3 is 10.6 Å². The summed E-state index contributed by atoms with van der Waals surface area (Å²) in [6.07, 6.45) is 4.30. The van der Waals surface area contributed by atoms with Gasteiger partial charge >= 0.3 is 0 Å². The zero-order valence-corrected chi connectivity index (χ0v) is 19.8. The summed E-state index contributed by atoms with van der Waals surface area (Å²) in [5.74, 6) is -0.908. The average molecular weight is 475 g/mol. The first kappa shape index (κ1) is 25.7. The summed E-state index contributed by atoms with van der Waals surface area (Å²) in [5, 5.41) is 24.5. The van der Waals surface area contributed by atoms with Crippen LogP contribution in [0.3, 0.4) is 0 Å². The van der Waals surface area contributed by atoms with Crippen LogP contribution in [0.25, 0.3) is 12.2 Å². The van der Waals surface area contributed by atoms with Crippen LogP contribution in [0, 0.1) is 22.7 Å². The number of amides is 2. The molecule has 0 atom stereocenters. The lowest BCUT2D eigenvalue weighted by atomic mass is 10.1. The first-order valence-electron chi connectivity index (χ1n) is 11.6. The summed E-state index contributed by atoms with van der Waals surface area (Å²) in [6.45, 7) is 0.825. The SMILES string of the molecule is N#C/C(=C/c1cccc(/C=C(\C#N)C(=O)NCCc2ccccc2)c1)C(=O)NCCc1ccccc1. The van der Waals surface area contributed by atoms with E-state index in [9.17, 15) is 20.1 Å². The number of carbonyl (C=O) groups excluding carboxylic acids is 2. The van der Waals surface area contributed by atoms with Crippen LogP contribution in [0.5, 0.6) is 0 Å². The molecule has 0 saturated carbocycles. The van der Waals surface area contributed by atoms with E-state index in [-0.39, 0.29) is 11.1 Å². The molecule has 6 nitrogen and oxygen atoms in total. The van der Waals surface area contributed by atoms with E-state index in [1.807, 2.05) is 72.8 Å². The molecular weight excluding hydrogens is 448 g/mol. The van der Waals surface area contributed by atoms with Crippen LogP contribution in [-0.2, 0) is 22.4 Å². The third kappa shape index (κ3) is 8.13. The van der Waals surface area contributed by atoms with Gasteiger partial charge in [0.2, 0.25) is 0 Å². The molecule has 36 heavy (non-hydrogen) atoms. The summed E-state index contributed by atoms with van der Waals surface area (Å²) >= 11 is 0. The highest BCUT2D eigenvalue weighted by atomic mass is 16.2. The number of rotatable bonds is 10. The minimum Gasteiger partial charge on any atom is -0.351 e. The second-order valence-electron chi connectivity index (χ2n) is 7.99. The lowest BCUT2D eigenvalue weighted by Gasteiger charge is -2.06. The number of nitriles is 2. The molecule has 3 aromatic rings. The molecule has 3 rings (SSSR count). The van der Waals surface area contributed by atoms with Gasteiger partial charge in [0.05, 0.1) is 0 Å². The lowest BCUT2D eigenvalue weighted by molar-refractivity contribution is -0.117. The summed E-state index contributed by atoms with van der Waals surface area (Å²) in [5.41, 5.74) is 3.36. The second kappa shape index (κ2) is 13.7. The van der Waals surface area contributed by atoms with Gasteiger partial charge in [-0.15, -0.1) is 0 Å². The van der Waals surface area contributed by atoms with Gasteiger partial charge in [-0.25, -0.2) is 0 Å². The predicted molar refractivity (Wildman–Crippen MR) is 140 cm³/mol. The van der Waals surface area contributed by atoms with Crippen molar-refractivity contribution in [3.8, 4) is 12.1 Å². The van der Waals surface area contributed by atoms with E-state index in [4.69, 9.17) is 0 Å². The first-order valence-corrected chi connectivity index (χ1v) is 11.6. The second-order valence-corrected chi connectivity index (χ2v) is 7.99. The van der Waals surface area contributed by atoms with Crippen molar-refractivity contribution in [3.63, 3.8) is 0 Å². The van der Waals surface area contributed by atoms with Gasteiger partial charge in [0, 0.05) is 13.1 Å². The summed E-state index contributed by atoms with van der Waals surface area (Å²) in [4.78, 5) is 24.9. The van der Waals surface area contributed by atoms with E-state index < -0.39 is 11.8 Å². The molecule has 0 aromatic heterocycles. The zero-order valence-electron chi connectivity index (χ0n) is 19.8. The van der Waals surface area contributed by atoms with Crippen molar-refractivity contribution in [2.75, 3.05) is 13.1 Å². The Bertz CT molecular complexity index is 1230. The van der Waals surface area contributed by atoms with E-state index in [0.717, 1.165) is 11.1 Å². The molecule has 2 amide bonds. The molecular formula is C30H26N4O2.